The van der Waals surface area contributed by atoms with Gasteiger partial charge in [0.2, 0.25) is 0 Å². The van der Waals surface area contributed by atoms with Crippen LogP contribution in [0.3, 0.4) is 0 Å². The molecule has 178 valence electrons. The van der Waals surface area contributed by atoms with Crippen LogP contribution in [-0.2, 0) is 4.79 Å². The number of halogens is 1. The van der Waals surface area contributed by atoms with Gasteiger partial charge in [-0.1, -0.05) is 11.6 Å². The molecule has 0 unspecified atom stereocenters. The number of ether oxygens (including phenoxy) is 2. The van der Waals surface area contributed by atoms with Gasteiger partial charge in [-0.3, -0.25) is 4.79 Å². The number of benzene rings is 2. The Bertz CT molecular complexity index is 882. The number of nitrogens with zero attached hydrogens (tertiary/aromatic N) is 2. The number of likely N-dealkylation sites (tertiary alicyclic amines) is 2. The summed E-state index contributed by atoms with van der Waals surface area (Å²) in [5.74, 6) is 1.98. The Kier molecular flexibility index (Phi) is 8.31. The lowest BCUT2D eigenvalue weighted by Crippen LogP contribution is -2.57. The first-order chi connectivity index (χ1) is 16.1. The molecule has 4 rings (SSSR count). The highest BCUT2D eigenvalue weighted by Gasteiger charge is 2.37. The van der Waals surface area contributed by atoms with Gasteiger partial charge in [0.25, 0.3) is 5.91 Å². The van der Waals surface area contributed by atoms with Crippen LogP contribution < -0.4 is 19.8 Å². The topological polar surface area (TPSA) is 63.3 Å². The highest BCUT2D eigenvalue weighted by molar-refractivity contribution is 6.30. The van der Waals surface area contributed by atoms with Crippen LogP contribution in [0.4, 0.5) is 0 Å². The molecule has 0 aromatic heterocycles. The molecule has 0 radical (unpaired) electrons. The third-order valence-electron chi connectivity index (χ3n) is 6.14. The van der Waals surface area contributed by atoms with Gasteiger partial charge in [-0.25, -0.2) is 0 Å². The monoisotopic (exact) mass is 473 g/mol. The molecule has 2 atom stereocenters. The molecule has 7 nitrogen and oxygen atoms in total. The molecule has 2 saturated heterocycles. The van der Waals surface area contributed by atoms with Crippen molar-refractivity contribution in [1.29, 1.82) is 0 Å². The van der Waals surface area contributed by atoms with Crippen molar-refractivity contribution < 1.29 is 19.1 Å². The first-order valence-electron chi connectivity index (χ1n) is 11.6. The molecule has 2 aliphatic rings. The van der Waals surface area contributed by atoms with Gasteiger partial charge < -0.3 is 24.1 Å². The lowest BCUT2D eigenvalue weighted by Gasteiger charge is -2.32. The van der Waals surface area contributed by atoms with Gasteiger partial charge in [-0.15, -0.1) is 5.48 Å². The zero-order chi connectivity index (χ0) is 23.0. The second-order valence-corrected chi connectivity index (χ2v) is 8.97. The second-order valence-electron chi connectivity index (χ2n) is 8.53. The minimum absolute atomic E-state index is 0.0162. The van der Waals surface area contributed by atoms with Crippen LogP contribution in [-0.4, -0.2) is 67.7 Å². The van der Waals surface area contributed by atoms with Crippen LogP contribution in [0.25, 0.3) is 0 Å². The standard InChI is InChI=1S/C25H32ClN3O4/c1-31-20-10-12-22(13-11-20)33-27-23(18-28-14-2-3-15-28)24(25(30)29-16-4-5-17-29)32-21-8-6-19(26)7-9-21/h6-13,23-24,27H,2-5,14-18H2,1H3/t23-,24+/m1/s1. The molecule has 0 saturated carbocycles. The van der Waals surface area contributed by atoms with Gasteiger partial charge in [0, 0.05) is 24.7 Å². The Morgan fingerprint density at radius 1 is 0.909 bits per heavy atom. The predicted molar refractivity (Wildman–Crippen MR) is 128 cm³/mol. The van der Waals surface area contributed by atoms with Crippen LogP contribution >= 0.6 is 11.6 Å². The van der Waals surface area contributed by atoms with Crippen molar-refractivity contribution in [2.45, 2.75) is 37.8 Å². The van der Waals surface area contributed by atoms with Crippen molar-refractivity contribution in [3.05, 3.63) is 53.6 Å². The first kappa shape index (κ1) is 23.7. The summed E-state index contributed by atoms with van der Waals surface area (Å²) >= 11 is 6.05. The fourth-order valence-electron chi connectivity index (χ4n) is 4.31. The van der Waals surface area contributed by atoms with E-state index in [1.54, 1.807) is 31.4 Å². The Labute approximate surface area is 200 Å². The van der Waals surface area contributed by atoms with Crippen LogP contribution in [0.15, 0.2) is 48.5 Å². The summed E-state index contributed by atoms with van der Waals surface area (Å²) < 4.78 is 11.5. The molecule has 8 heteroatoms. The number of methoxy groups -OCH3 is 1. The Hall–Kier alpha value is -2.48. The number of hydrogen-bond acceptors (Lipinski definition) is 6. The average molecular weight is 474 g/mol. The number of carbonyl (C=O) groups excluding carboxylic acids is 1. The van der Waals surface area contributed by atoms with E-state index in [-0.39, 0.29) is 11.9 Å². The highest BCUT2D eigenvalue weighted by Crippen LogP contribution is 2.22. The van der Waals surface area contributed by atoms with Crippen LogP contribution in [0.1, 0.15) is 25.7 Å². The molecular weight excluding hydrogens is 442 g/mol. The van der Waals surface area contributed by atoms with E-state index in [0.717, 1.165) is 57.6 Å². The number of nitrogens with one attached hydrogen (secondary N) is 1. The number of amides is 1. The number of carbonyl (C=O) groups is 1. The minimum atomic E-state index is -0.733. The van der Waals surface area contributed by atoms with Gasteiger partial charge in [0.15, 0.2) is 6.10 Å². The fourth-order valence-corrected chi connectivity index (χ4v) is 4.43. The van der Waals surface area contributed by atoms with E-state index in [1.807, 2.05) is 29.2 Å². The Morgan fingerprint density at radius 2 is 1.48 bits per heavy atom. The summed E-state index contributed by atoms with van der Waals surface area (Å²) in [7, 11) is 1.63. The normalized spacial score (nSPS) is 18.2. The molecule has 1 amide bonds. The maximum absolute atomic E-state index is 13.6. The smallest absolute Gasteiger partial charge is 0.265 e. The zero-order valence-corrected chi connectivity index (χ0v) is 19.8. The molecule has 2 aromatic rings. The largest absolute Gasteiger partial charge is 0.497 e. The molecular formula is C25H32ClN3O4. The third-order valence-corrected chi connectivity index (χ3v) is 6.40. The minimum Gasteiger partial charge on any atom is -0.497 e. The van der Waals surface area contributed by atoms with Gasteiger partial charge in [0.1, 0.15) is 23.3 Å². The number of hydroxylamine groups is 1. The van der Waals surface area contributed by atoms with E-state index in [1.165, 1.54) is 0 Å². The lowest BCUT2D eigenvalue weighted by molar-refractivity contribution is -0.140. The van der Waals surface area contributed by atoms with Gasteiger partial charge in [-0.05, 0) is 87.3 Å². The van der Waals surface area contributed by atoms with Gasteiger partial charge in [0.05, 0.1) is 7.11 Å². The second kappa shape index (κ2) is 11.6. The van der Waals surface area contributed by atoms with Crippen LogP contribution in [0.5, 0.6) is 17.2 Å². The van der Waals surface area contributed by atoms with E-state index in [2.05, 4.69) is 10.4 Å². The average Bonchev–Trinajstić information content (AvgIpc) is 3.56. The molecule has 2 aromatic carbocycles. The SMILES string of the molecule is COc1ccc(ON[C@H](CN2CCCC2)[C@H](Oc2ccc(Cl)cc2)C(=O)N2CCCC2)cc1. The summed E-state index contributed by atoms with van der Waals surface area (Å²) in [6, 6.07) is 14.1. The Balaban J connectivity index is 1.55. The Morgan fingerprint density at radius 3 is 2.12 bits per heavy atom. The fraction of sp³-hybridized carbons (Fsp3) is 0.480. The van der Waals surface area contributed by atoms with Gasteiger partial charge >= 0.3 is 0 Å². The first-order valence-corrected chi connectivity index (χ1v) is 12.0. The number of rotatable bonds is 10. The van der Waals surface area contributed by atoms with E-state index < -0.39 is 6.10 Å². The molecule has 0 aliphatic carbocycles. The van der Waals surface area contributed by atoms with E-state index in [4.69, 9.17) is 25.9 Å². The molecule has 2 aliphatic heterocycles. The van der Waals surface area contributed by atoms with E-state index in [9.17, 15) is 4.79 Å². The highest BCUT2D eigenvalue weighted by atomic mass is 35.5. The van der Waals surface area contributed by atoms with E-state index >= 15 is 0 Å². The summed E-state index contributed by atoms with van der Waals surface area (Å²) in [5.41, 5.74) is 3.16. The summed E-state index contributed by atoms with van der Waals surface area (Å²) in [6.45, 7) is 4.18. The summed E-state index contributed by atoms with van der Waals surface area (Å²) in [4.78, 5) is 23.7. The molecule has 1 N–H and O–H groups in total. The van der Waals surface area contributed by atoms with E-state index in [0.29, 0.717) is 23.1 Å². The summed E-state index contributed by atoms with van der Waals surface area (Å²) in [5, 5.41) is 0.624. The van der Waals surface area contributed by atoms with Crippen molar-refractivity contribution in [2.75, 3.05) is 39.8 Å². The van der Waals surface area contributed by atoms with Gasteiger partial charge in [-0.2, -0.15) is 0 Å². The number of hydrogen-bond donors (Lipinski definition) is 1. The van der Waals surface area contributed by atoms with Crippen molar-refractivity contribution in [1.82, 2.24) is 15.3 Å². The maximum Gasteiger partial charge on any atom is 0.265 e. The molecule has 2 heterocycles. The summed E-state index contributed by atoms with van der Waals surface area (Å²) in [6.07, 6.45) is 3.63. The molecule has 2 fully saturated rings. The zero-order valence-electron chi connectivity index (χ0n) is 19.0. The van der Waals surface area contributed by atoms with Crippen LogP contribution in [0.2, 0.25) is 5.02 Å². The quantitative estimate of drug-likeness (QED) is 0.530. The van der Waals surface area contributed by atoms with Crippen LogP contribution in [0, 0.1) is 0 Å². The lowest BCUT2D eigenvalue weighted by atomic mass is 10.1. The van der Waals surface area contributed by atoms with Crippen molar-refractivity contribution in [2.24, 2.45) is 0 Å². The molecule has 0 bridgehead atoms. The predicted octanol–water partition coefficient (Wildman–Crippen LogP) is 3.77. The molecule has 0 spiro atoms. The van der Waals surface area contributed by atoms with Crippen molar-refractivity contribution in [3.8, 4) is 17.2 Å². The maximum atomic E-state index is 13.6. The molecule has 33 heavy (non-hydrogen) atoms. The van der Waals surface area contributed by atoms with Crippen molar-refractivity contribution in [3.63, 3.8) is 0 Å². The van der Waals surface area contributed by atoms with Crippen molar-refractivity contribution >= 4 is 17.5 Å². The third kappa shape index (κ3) is 6.53.